The Bertz CT molecular complexity index is 733. The van der Waals surface area contributed by atoms with Crippen molar-refractivity contribution in [3.63, 3.8) is 0 Å². The minimum Gasteiger partial charge on any atom is -0.462 e. The highest BCUT2D eigenvalue weighted by atomic mass is 16.6. The van der Waals surface area contributed by atoms with Crippen LogP contribution < -0.4 is 0 Å². The molecule has 0 radical (unpaired) electrons. The lowest BCUT2D eigenvalue weighted by molar-refractivity contribution is -0.228. The zero-order valence-corrected chi connectivity index (χ0v) is 17.4. The summed E-state index contributed by atoms with van der Waals surface area (Å²) in [6, 6.07) is 0. The van der Waals surface area contributed by atoms with Crippen LogP contribution in [0.15, 0.2) is 0 Å². The number of carbonyl (C=O) groups is 2. The van der Waals surface area contributed by atoms with E-state index in [9.17, 15) is 14.7 Å². The molecule has 5 rings (SSSR count). The summed E-state index contributed by atoms with van der Waals surface area (Å²) in [7, 11) is 0. The molecule has 156 valence electrons. The molecule has 6 heteroatoms. The molecule has 5 fully saturated rings. The molecule has 1 N–H and O–H groups in total. The lowest BCUT2D eigenvalue weighted by Crippen LogP contribution is -2.66. The van der Waals surface area contributed by atoms with Crippen molar-refractivity contribution in [3.8, 4) is 0 Å². The molecule has 2 aliphatic heterocycles. The first-order chi connectivity index (χ1) is 13.0. The summed E-state index contributed by atoms with van der Waals surface area (Å²) in [5, 5.41) is 10.9. The number of aliphatic hydroxyl groups excluding tert-OH is 1. The molecule has 0 aromatic rings. The van der Waals surface area contributed by atoms with Gasteiger partial charge in [0.1, 0.15) is 12.2 Å². The monoisotopic (exact) mass is 392 g/mol. The number of epoxide rings is 1. The smallest absolute Gasteiger partial charge is 0.309 e. The Labute approximate surface area is 166 Å². The van der Waals surface area contributed by atoms with Gasteiger partial charge in [-0.3, -0.25) is 9.59 Å². The molecular formula is C22H32O6. The third kappa shape index (κ3) is 2.11. The molecular weight excluding hydrogens is 360 g/mol. The van der Waals surface area contributed by atoms with Gasteiger partial charge in [-0.25, -0.2) is 0 Å². The number of carbonyl (C=O) groups excluding carboxylic acids is 2. The van der Waals surface area contributed by atoms with Crippen LogP contribution in [0.2, 0.25) is 0 Å². The number of ether oxygens (including phenoxy) is 3. The molecule has 2 saturated heterocycles. The molecule has 6 nitrogen and oxygen atoms in total. The quantitative estimate of drug-likeness (QED) is 0.545. The highest BCUT2D eigenvalue weighted by molar-refractivity contribution is 5.75. The number of esters is 2. The number of rotatable bonds is 1. The second-order valence-electron chi connectivity index (χ2n) is 10.8. The van der Waals surface area contributed by atoms with Crippen LogP contribution in [0.25, 0.3) is 0 Å². The largest absolute Gasteiger partial charge is 0.462 e. The van der Waals surface area contributed by atoms with Gasteiger partial charge in [-0.05, 0) is 30.6 Å². The van der Waals surface area contributed by atoms with E-state index >= 15 is 0 Å². The lowest BCUT2D eigenvalue weighted by atomic mass is 9.42. The van der Waals surface area contributed by atoms with Crippen LogP contribution in [0.4, 0.5) is 0 Å². The standard InChI is InChI=1S/C22H32O6/c1-10-17-12(27-19(10)25)8-14-21(5)13(6-7-22(14)18(17)28-22)20(3,4)15(24)9-16(21)26-11(2)23/h10,12-18,24H,6-9H2,1-5H3/t10?,12-,13-,14+,15+,16-,17?,18-,21-,22+/m1/s1. The Morgan fingerprint density at radius 2 is 1.93 bits per heavy atom. The van der Waals surface area contributed by atoms with Gasteiger partial charge in [0, 0.05) is 30.6 Å². The fourth-order valence-electron chi connectivity index (χ4n) is 7.87. The van der Waals surface area contributed by atoms with E-state index in [1.807, 2.05) is 6.92 Å². The van der Waals surface area contributed by atoms with Crippen LogP contribution in [0.5, 0.6) is 0 Å². The van der Waals surface area contributed by atoms with Crippen molar-refractivity contribution in [2.24, 2.45) is 34.5 Å². The first kappa shape index (κ1) is 18.9. The fraction of sp³-hybridized carbons (Fsp3) is 0.909. The highest BCUT2D eigenvalue weighted by Gasteiger charge is 2.79. The van der Waals surface area contributed by atoms with Crippen LogP contribution in [0.1, 0.15) is 60.3 Å². The maximum Gasteiger partial charge on any atom is 0.309 e. The van der Waals surface area contributed by atoms with E-state index in [1.54, 1.807) is 0 Å². The van der Waals surface area contributed by atoms with E-state index < -0.39 is 6.10 Å². The molecule has 1 spiro atoms. The van der Waals surface area contributed by atoms with Crippen LogP contribution in [-0.4, -0.2) is 47.1 Å². The van der Waals surface area contributed by atoms with Crippen molar-refractivity contribution in [3.05, 3.63) is 0 Å². The molecule has 2 unspecified atom stereocenters. The molecule has 3 aliphatic carbocycles. The third-order valence-corrected chi connectivity index (χ3v) is 9.35. The maximum absolute atomic E-state index is 12.2. The predicted octanol–water partition coefficient (Wildman–Crippen LogP) is 2.46. The normalized spacial score (nSPS) is 55.9. The SMILES string of the molecule is CC(=O)O[C@@H]1C[C@H](O)C(C)(C)[C@H]2CC[C@@]34O[C@@H]3C3C(C)C(=O)O[C@@H]3C[C@H]4[C@@]21C. The van der Waals surface area contributed by atoms with Crippen molar-refractivity contribution in [2.75, 3.05) is 0 Å². The van der Waals surface area contributed by atoms with E-state index in [2.05, 4.69) is 20.8 Å². The fourth-order valence-corrected chi connectivity index (χ4v) is 7.87. The van der Waals surface area contributed by atoms with Gasteiger partial charge in [0.15, 0.2) is 0 Å². The summed E-state index contributed by atoms with van der Waals surface area (Å²) >= 11 is 0. The van der Waals surface area contributed by atoms with Gasteiger partial charge in [0.25, 0.3) is 0 Å². The van der Waals surface area contributed by atoms with Crippen LogP contribution in [0.3, 0.4) is 0 Å². The van der Waals surface area contributed by atoms with Gasteiger partial charge >= 0.3 is 11.9 Å². The molecule has 3 saturated carbocycles. The van der Waals surface area contributed by atoms with E-state index in [0.29, 0.717) is 6.42 Å². The summed E-state index contributed by atoms with van der Waals surface area (Å²) < 4.78 is 18.0. The predicted molar refractivity (Wildman–Crippen MR) is 99.0 cm³/mol. The molecule has 0 bridgehead atoms. The van der Waals surface area contributed by atoms with Gasteiger partial charge < -0.3 is 19.3 Å². The summed E-state index contributed by atoms with van der Waals surface area (Å²) in [4.78, 5) is 24.2. The topological polar surface area (TPSA) is 85.4 Å². The summed E-state index contributed by atoms with van der Waals surface area (Å²) in [6.45, 7) is 9.90. The summed E-state index contributed by atoms with van der Waals surface area (Å²) in [5.41, 5.74) is -0.816. The van der Waals surface area contributed by atoms with E-state index in [1.165, 1.54) is 6.92 Å². The Hall–Kier alpha value is -1.14. The Balaban J connectivity index is 1.57. The lowest BCUT2D eigenvalue weighted by Gasteiger charge is -2.63. The minimum atomic E-state index is -0.513. The van der Waals surface area contributed by atoms with Crippen LogP contribution in [0, 0.1) is 34.5 Å². The maximum atomic E-state index is 12.2. The van der Waals surface area contributed by atoms with E-state index in [4.69, 9.17) is 14.2 Å². The number of hydrogen-bond donors (Lipinski definition) is 1. The molecule has 5 aliphatic rings. The van der Waals surface area contributed by atoms with Gasteiger partial charge in [0.2, 0.25) is 0 Å². The molecule has 0 aromatic heterocycles. The van der Waals surface area contributed by atoms with Crippen molar-refractivity contribution in [1.82, 2.24) is 0 Å². The van der Waals surface area contributed by atoms with E-state index in [-0.39, 0.29) is 70.4 Å². The zero-order chi connectivity index (χ0) is 20.2. The van der Waals surface area contributed by atoms with Crippen molar-refractivity contribution in [2.45, 2.75) is 90.3 Å². The zero-order valence-electron chi connectivity index (χ0n) is 17.4. The number of aliphatic hydroxyl groups is 1. The molecule has 28 heavy (non-hydrogen) atoms. The Morgan fingerprint density at radius 1 is 1.21 bits per heavy atom. The Kier molecular flexibility index (Phi) is 3.71. The van der Waals surface area contributed by atoms with Gasteiger partial charge in [-0.15, -0.1) is 0 Å². The first-order valence-corrected chi connectivity index (χ1v) is 10.8. The Morgan fingerprint density at radius 3 is 2.61 bits per heavy atom. The van der Waals surface area contributed by atoms with Gasteiger partial charge in [-0.2, -0.15) is 0 Å². The first-order valence-electron chi connectivity index (χ1n) is 10.8. The van der Waals surface area contributed by atoms with Crippen molar-refractivity contribution < 1.29 is 28.9 Å². The van der Waals surface area contributed by atoms with Crippen molar-refractivity contribution >= 4 is 11.9 Å². The molecule has 2 heterocycles. The van der Waals surface area contributed by atoms with Gasteiger partial charge in [0.05, 0.1) is 23.7 Å². The highest BCUT2D eigenvalue weighted by Crippen LogP contribution is 2.72. The third-order valence-electron chi connectivity index (χ3n) is 9.35. The average Bonchev–Trinajstić information content (AvgIpc) is 3.24. The summed E-state index contributed by atoms with van der Waals surface area (Å²) in [6.07, 6.45) is 2.16. The number of hydrogen-bond acceptors (Lipinski definition) is 6. The molecule has 0 aromatic carbocycles. The van der Waals surface area contributed by atoms with E-state index in [0.717, 1.165) is 19.3 Å². The number of fused-ring (bicyclic) bond motifs is 4. The van der Waals surface area contributed by atoms with Crippen molar-refractivity contribution in [1.29, 1.82) is 0 Å². The van der Waals surface area contributed by atoms with Gasteiger partial charge in [-0.1, -0.05) is 27.7 Å². The van der Waals surface area contributed by atoms with Crippen LogP contribution >= 0.6 is 0 Å². The second-order valence-corrected chi connectivity index (χ2v) is 10.8. The molecule has 10 atom stereocenters. The summed E-state index contributed by atoms with van der Waals surface area (Å²) in [5.74, 6) is -0.0387. The van der Waals surface area contributed by atoms with Crippen LogP contribution in [-0.2, 0) is 23.8 Å². The second kappa shape index (κ2) is 5.51. The minimum absolute atomic E-state index is 0.0587. The molecule has 0 amide bonds. The average molecular weight is 392 g/mol.